The third-order valence-electron chi connectivity index (χ3n) is 4.40. The van der Waals surface area contributed by atoms with Gasteiger partial charge in [-0.05, 0) is 41.3 Å². The predicted octanol–water partition coefficient (Wildman–Crippen LogP) is 2.31. The summed E-state index contributed by atoms with van der Waals surface area (Å²) in [4.78, 5) is 22.5. The van der Waals surface area contributed by atoms with E-state index in [0.29, 0.717) is 12.2 Å². The molecule has 122 valence electrons. The first-order valence-corrected chi connectivity index (χ1v) is 7.93. The quantitative estimate of drug-likeness (QED) is 0.601. The summed E-state index contributed by atoms with van der Waals surface area (Å²) in [5, 5.41) is 18.4. The molecule has 0 amide bonds. The lowest BCUT2D eigenvalue weighted by Crippen LogP contribution is -2.24. The average molecular weight is 317 g/mol. The van der Waals surface area contributed by atoms with E-state index in [1.165, 1.54) is 59.3 Å². The zero-order valence-electron chi connectivity index (χ0n) is 12.8. The molecular formula is C15H19N5O3. The SMILES string of the molecule is O=c1n(CCCC2CCCC2)nnn1-c1ccc([N+](=O)[O-])cc1. The number of benzene rings is 1. The standard InChI is InChI=1S/C15H19N5O3/c21-15-18(11-3-6-12-4-1-2-5-12)16-17-19(15)13-7-9-14(10-8-13)20(22)23/h7-10,12H,1-6,11H2. The first-order chi connectivity index (χ1) is 11.1. The Morgan fingerprint density at radius 2 is 1.87 bits per heavy atom. The van der Waals surface area contributed by atoms with Crippen LogP contribution in [0.2, 0.25) is 0 Å². The third-order valence-corrected chi connectivity index (χ3v) is 4.40. The molecule has 0 aliphatic heterocycles. The molecule has 0 bridgehead atoms. The molecule has 1 aromatic carbocycles. The van der Waals surface area contributed by atoms with Crippen molar-refractivity contribution in [1.29, 1.82) is 0 Å². The maximum Gasteiger partial charge on any atom is 0.368 e. The molecule has 1 aromatic heterocycles. The summed E-state index contributed by atoms with van der Waals surface area (Å²) in [5.41, 5.74) is 0.138. The molecule has 8 nitrogen and oxygen atoms in total. The molecule has 0 radical (unpaired) electrons. The van der Waals surface area contributed by atoms with Crippen molar-refractivity contribution in [1.82, 2.24) is 19.8 Å². The van der Waals surface area contributed by atoms with Crippen LogP contribution in [0.5, 0.6) is 0 Å². The number of hydrogen-bond donors (Lipinski definition) is 0. The zero-order valence-corrected chi connectivity index (χ0v) is 12.8. The molecule has 1 heterocycles. The number of nitro groups is 1. The molecule has 0 saturated heterocycles. The largest absolute Gasteiger partial charge is 0.368 e. The second kappa shape index (κ2) is 6.72. The van der Waals surface area contributed by atoms with Crippen LogP contribution >= 0.6 is 0 Å². The Kier molecular flexibility index (Phi) is 4.50. The van der Waals surface area contributed by atoms with Crippen LogP contribution in [0.1, 0.15) is 38.5 Å². The number of rotatable bonds is 6. The summed E-state index contributed by atoms with van der Waals surface area (Å²) >= 11 is 0. The van der Waals surface area contributed by atoms with Crippen LogP contribution in [0, 0.1) is 16.0 Å². The Bertz CT molecular complexity index is 728. The minimum absolute atomic E-state index is 0.0224. The van der Waals surface area contributed by atoms with E-state index < -0.39 is 4.92 Å². The fourth-order valence-corrected chi connectivity index (χ4v) is 3.12. The average Bonchev–Trinajstić information content (AvgIpc) is 3.18. The van der Waals surface area contributed by atoms with Gasteiger partial charge in [0.05, 0.1) is 10.6 Å². The van der Waals surface area contributed by atoms with Gasteiger partial charge in [-0.25, -0.2) is 4.79 Å². The van der Waals surface area contributed by atoms with E-state index in [2.05, 4.69) is 10.4 Å². The van der Waals surface area contributed by atoms with Crippen LogP contribution in [0.25, 0.3) is 5.69 Å². The van der Waals surface area contributed by atoms with E-state index in [4.69, 9.17) is 0 Å². The third kappa shape index (κ3) is 3.46. The van der Waals surface area contributed by atoms with Crippen molar-refractivity contribution in [3.05, 3.63) is 44.9 Å². The number of nitrogens with zero attached hydrogens (tertiary/aromatic N) is 5. The number of tetrazole rings is 1. The molecular weight excluding hydrogens is 298 g/mol. The smallest absolute Gasteiger partial charge is 0.258 e. The lowest BCUT2D eigenvalue weighted by atomic mass is 10.0. The first-order valence-electron chi connectivity index (χ1n) is 7.93. The van der Waals surface area contributed by atoms with Crippen LogP contribution < -0.4 is 5.69 Å². The van der Waals surface area contributed by atoms with Gasteiger partial charge in [0, 0.05) is 18.7 Å². The Hall–Kier alpha value is -2.51. The van der Waals surface area contributed by atoms with Gasteiger partial charge in [-0.2, -0.15) is 9.36 Å². The lowest BCUT2D eigenvalue weighted by molar-refractivity contribution is -0.384. The van der Waals surface area contributed by atoms with E-state index in [0.717, 1.165) is 18.8 Å². The molecule has 23 heavy (non-hydrogen) atoms. The maximum atomic E-state index is 12.3. The van der Waals surface area contributed by atoms with Gasteiger partial charge >= 0.3 is 5.69 Å². The summed E-state index contributed by atoms with van der Waals surface area (Å²) < 4.78 is 2.52. The van der Waals surface area contributed by atoms with Crippen LogP contribution in [-0.2, 0) is 6.54 Å². The molecule has 1 aliphatic rings. The summed E-state index contributed by atoms with van der Waals surface area (Å²) in [5.74, 6) is 0.787. The summed E-state index contributed by atoms with van der Waals surface area (Å²) in [7, 11) is 0. The molecule has 0 spiro atoms. The van der Waals surface area contributed by atoms with Gasteiger partial charge in [-0.15, -0.1) is 0 Å². The highest BCUT2D eigenvalue weighted by atomic mass is 16.6. The molecule has 8 heteroatoms. The molecule has 1 saturated carbocycles. The van der Waals surface area contributed by atoms with E-state index in [1.807, 2.05) is 0 Å². The van der Waals surface area contributed by atoms with Crippen molar-refractivity contribution in [2.24, 2.45) is 5.92 Å². The van der Waals surface area contributed by atoms with Gasteiger partial charge in [-0.1, -0.05) is 25.7 Å². The molecule has 1 aliphatic carbocycles. The van der Waals surface area contributed by atoms with Gasteiger partial charge in [0.15, 0.2) is 0 Å². The van der Waals surface area contributed by atoms with Crippen LogP contribution in [0.4, 0.5) is 5.69 Å². The Labute approximate surface area is 132 Å². The van der Waals surface area contributed by atoms with Gasteiger partial charge in [0.25, 0.3) is 5.69 Å². The predicted molar refractivity (Wildman–Crippen MR) is 83.5 cm³/mol. The minimum atomic E-state index is -0.480. The monoisotopic (exact) mass is 317 g/mol. The fraction of sp³-hybridized carbons (Fsp3) is 0.533. The Balaban J connectivity index is 1.66. The molecule has 0 atom stereocenters. The topological polar surface area (TPSA) is 95.8 Å². The van der Waals surface area contributed by atoms with Crippen molar-refractivity contribution in [2.45, 2.75) is 45.1 Å². The van der Waals surface area contributed by atoms with E-state index in [-0.39, 0.29) is 11.4 Å². The highest BCUT2D eigenvalue weighted by molar-refractivity contribution is 5.39. The maximum absolute atomic E-state index is 12.3. The Morgan fingerprint density at radius 1 is 1.17 bits per heavy atom. The van der Waals surface area contributed by atoms with Crippen LogP contribution in [-0.4, -0.2) is 24.7 Å². The van der Waals surface area contributed by atoms with Crippen LogP contribution in [0.15, 0.2) is 29.1 Å². The van der Waals surface area contributed by atoms with Gasteiger partial charge in [0.1, 0.15) is 0 Å². The van der Waals surface area contributed by atoms with E-state index >= 15 is 0 Å². The van der Waals surface area contributed by atoms with Crippen molar-refractivity contribution < 1.29 is 4.92 Å². The summed E-state index contributed by atoms with van der Waals surface area (Å²) in [6.45, 7) is 0.558. The van der Waals surface area contributed by atoms with Crippen molar-refractivity contribution in [2.75, 3.05) is 0 Å². The van der Waals surface area contributed by atoms with E-state index in [1.54, 1.807) is 0 Å². The molecule has 1 fully saturated rings. The molecule has 0 unspecified atom stereocenters. The lowest BCUT2D eigenvalue weighted by Gasteiger charge is -2.07. The fourth-order valence-electron chi connectivity index (χ4n) is 3.12. The van der Waals surface area contributed by atoms with Crippen molar-refractivity contribution >= 4 is 5.69 Å². The number of non-ortho nitro benzene ring substituents is 1. The van der Waals surface area contributed by atoms with Crippen LogP contribution in [0.3, 0.4) is 0 Å². The molecule has 3 rings (SSSR count). The van der Waals surface area contributed by atoms with Crippen molar-refractivity contribution in [3.8, 4) is 5.69 Å². The Morgan fingerprint density at radius 3 is 2.52 bits per heavy atom. The zero-order chi connectivity index (χ0) is 16.2. The van der Waals surface area contributed by atoms with Crippen molar-refractivity contribution in [3.63, 3.8) is 0 Å². The number of aryl methyl sites for hydroxylation is 1. The number of aromatic nitrogens is 4. The molecule has 2 aromatic rings. The first kappa shape index (κ1) is 15.4. The molecule has 0 N–H and O–H groups in total. The normalized spacial score (nSPS) is 15.1. The minimum Gasteiger partial charge on any atom is -0.258 e. The van der Waals surface area contributed by atoms with Gasteiger partial charge in [0.2, 0.25) is 0 Å². The summed E-state index contributed by atoms with van der Waals surface area (Å²) in [6, 6.07) is 5.69. The van der Waals surface area contributed by atoms with Gasteiger partial charge < -0.3 is 0 Å². The second-order valence-corrected chi connectivity index (χ2v) is 5.96. The summed E-state index contributed by atoms with van der Waals surface area (Å²) in [6.07, 6.45) is 7.27. The highest BCUT2D eigenvalue weighted by Gasteiger charge is 2.15. The number of nitro benzene ring substituents is 1. The van der Waals surface area contributed by atoms with Gasteiger partial charge in [-0.3, -0.25) is 10.1 Å². The van der Waals surface area contributed by atoms with E-state index in [9.17, 15) is 14.9 Å². The number of hydrogen-bond acceptors (Lipinski definition) is 5. The second-order valence-electron chi connectivity index (χ2n) is 5.96. The highest BCUT2D eigenvalue weighted by Crippen LogP contribution is 2.28.